The lowest BCUT2D eigenvalue weighted by atomic mass is 10.2. The molecule has 0 radical (unpaired) electrons. The SMILES string of the molecule is COc1ccc(N2CCN3C(=O)C(=O)[N+](Cc4cccc(Cl)c4)=NC32)cc1. The summed E-state index contributed by atoms with van der Waals surface area (Å²) in [5.74, 6) is -0.403. The lowest BCUT2D eigenvalue weighted by molar-refractivity contribution is -0.534. The van der Waals surface area contributed by atoms with Crippen LogP contribution in [0, 0.1) is 0 Å². The highest BCUT2D eigenvalue weighted by molar-refractivity contribution is 6.31. The van der Waals surface area contributed by atoms with Gasteiger partial charge in [-0.3, -0.25) is 9.69 Å². The van der Waals surface area contributed by atoms with E-state index in [0.717, 1.165) is 17.0 Å². The second kappa shape index (κ2) is 7.00. The first-order valence-corrected chi connectivity index (χ1v) is 8.93. The topological polar surface area (TPSA) is 65.2 Å². The molecule has 1 atom stereocenters. The Morgan fingerprint density at radius 1 is 1.15 bits per heavy atom. The molecule has 138 valence electrons. The van der Waals surface area contributed by atoms with Gasteiger partial charge in [0.05, 0.1) is 7.11 Å². The standard InChI is InChI=1S/C19H18ClN4O3/c1-27-16-7-5-15(6-8-16)22-9-10-23-17(25)18(26)24(21-19(22)23)12-13-3-2-4-14(20)11-13/h2-8,11,19H,9-10,12H2,1H3/q+1. The minimum atomic E-state index is -0.622. The highest BCUT2D eigenvalue weighted by Gasteiger charge is 2.49. The fraction of sp³-hybridized carbons (Fsp3) is 0.263. The first-order valence-electron chi connectivity index (χ1n) is 8.55. The van der Waals surface area contributed by atoms with E-state index in [-0.39, 0.29) is 6.54 Å². The Bertz CT molecular complexity index is 929. The van der Waals surface area contributed by atoms with Crippen LogP contribution in [0.5, 0.6) is 5.75 Å². The molecule has 2 aliphatic heterocycles. The number of hydrogen-bond donors (Lipinski definition) is 0. The zero-order valence-corrected chi connectivity index (χ0v) is 15.5. The zero-order valence-electron chi connectivity index (χ0n) is 14.7. The predicted molar refractivity (Wildman–Crippen MR) is 98.7 cm³/mol. The molecule has 7 nitrogen and oxygen atoms in total. The Kier molecular flexibility index (Phi) is 4.53. The van der Waals surface area contributed by atoms with Gasteiger partial charge >= 0.3 is 11.8 Å². The summed E-state index contributed by atoms with van der Waals surface area (Å²) in [6.45, 7) is 1.26. The van der Waals surface area contributed by atoms with Crippen LogP contribution in [0.25, 0.3) is 0 Å². The summed E-state index contributed by atoms with van der Waals surface area (Å²) in [5.41, 5.74) is 1.73. The van der Waals surface area contributed by atoms with Crippen LogP contribution in [0.1, 0.15) is 5.56 Å². The average Bonchev–Trinajstić information content (AvgIpc) is 3.10. The van der Waals surface area contributed by atoms with Gasteiger partial charge in [0.2, 0.25) is 6.54 Å². The average molecular weight is 386 g/mol. The van der Waals surface area contributed by atoms with Gasteiger partial charge < -0.3 is 9.64 Å². The second-order valence-corrected chi connectivity index (χ2v) is 6.78. The number of ether oxygens (including phenoxy) is 1. The van der Waals surface area contributed by atoms with Crippen molar-refractivity contribution in [3.63, 3.8) is 0 Å². The highest BCUT2D eigenvalue weighted by Crippen LogP contribution is 2.28. The van der Waals surface area contributed by atoms with Crippen molar-refractivity contribution >= 4 is 29.1 Å². The van der Waals surface area contributed by atoms with Gasteiger partial charge in [0.1, 0.15) is 5.75 Å². The molecule has 1 saturated heterocycles. The number of carbonyl (C=O) groups is 2. The third-order valence-corrected chi connectivity index (χ3v) is 4.92. The molecule has 0 spiro atoms. The van der Waals surface area contributed by atoms with E-state index >= 15 is 0 Å². The number of azo groups is 2. The smallest absolute Gasteiger partial charge is 0.497 e. The molecule has 27 heavy (non-hydrogen) atoms. The quantitative estimate of drug-likeness (QED) is 0.599. The molecule has 4 rings (SSSR count). The summed E-state index contributed by atoms with van der Waals surface area (Å²) in [7, 11) is 1.61. The van der Waals surface area contributed by atoms with E-state index in [2.05, 4.69) is 5.11 Å². The zero-order chi connectivity index (χ0) is 19.0. The molecule has 0 aromatic heterocycles. The Balaban J connectivity index is 1.64. The van der Waals surface area contributed by atoms with Gasteiger partial charge in [0.25, 0.3) is 6.29 Å². The van der Waals surface area contributed by atoms with Crippen molar-refractivity contribution in [1.82, 2.24) is 4.90 Å². The van der Waals surface area contributed by atoms with E-state index < -0.39 is 18.1 Å². The van der Waals surface area contributed by atoms with E-state index in [9.17, 15) is 9.59 Å². The van der Waals surface area contributed by atoms with Gasteiger partial charge in [-0.1, -0.05) is 23.7 Å². The molecule has 2 amide bonds. The van der Waals surface area contributed by atoms with Crippen LogP contribution in [-0.2, 0) is 16.1 Å². The van der Waals surface area contributed by atoms with Crippen molar-refractivity contribution in [1.29, 1.82) is 0 Å². The number of anilines is 1. The molecule has 2 aromatic rings. The molecule has 1 fully saturated rings. The number of carbonyl (C=O) groups excluding carboxylic acids is 2. The Morgan fingerprint density at radius 2 is 1.89 bits per heavy atom. The summed E-state index contributed by atoms with van der Waals surface area (Å²) in [5, 5.41) is 5.12. The van der Waals surface area contributed by atoms with Crippen LogP contribution >= 0.6 is 11.6 Å². The van der Waals surface area contributed by atoms with Crippen LogP contribution in [0.15, 0.2) is 53.6 Å². The Morgan fingerprint density at radius 3 is 2.59 bits per heavy atom. The first-order chi connectivity index (χ1) is 13.1. The summed E-state index contributed by atoms with van der Waals surface area (Å²) < 4.78 is 6.43. The van der Waals surface area contributed by atoms with Crippen molar-refractivity contribution in [3.05, 3.63) is 59.1 Å². The molecule has 0 aliphatic carbocycles. The van der Waals surface area contributed by atoms with Crippen LogP contribution in [-0.4, -0.2) is 47.9 Å². The lowest BCUT2D eigenvalue weighted by Crippen LogP contribution is -2.51. The number of fused-ring (bicyclic) bond motifs is 1. The molecule has 2 aliphatic rings. The number of nitrogens with zero attached hydrogens (tertiary/aromatic N) is 4. The molecule has 0 bridgehead atoms. The molecule has 2 aromatic carbocycles. The fourth-order valence-electron chi connectivity index (χ4n) is 3.31. The number of halogens is 1. The maximum atomic E-state index is 12.6. The summed E-state index contributed by atoms with van der Waals surface area (Å²) in [6, 6.07) is 14.7. The van der Waals surface area contributed by atoms with Crippen LogP contribution in [0.4, 0.5) is 5.69 Å². The highest BCUT2D eigenvalue weighted by atomic mass is 35.5. The van der Waals surface area contributed by atoms with Gasteiger partial charge in [0.15, 0.2) is 0 Å². The molecule has 2 heterocycles. The van der Waals surface area contributed by atoms with E-state index in [1.54, 1.807) is 25.3 Å². The number of benzene rings is 2. The molecule has 0 N–H and O–H groups in total. The predicted octanol–water partition coefficient (Wildman–Crippen LogP) is 2.49. The fourth-order valence-corrected chi connectivity index (χ4v) is 3.53. The molecular weight excluding hydrogens is 368 g/mol. The van der Waals surface area contributed by atoms with Gasteiger partial charge in [-0.25, -0.2) is 4.79 Å². The summed E-state index contributed by atoms with van der Waals surface area (Å²) in [4.78, 5) is 28.5. The van der Waals surface area contributed by atoms with Gasteiger partial charge in [0, 0.05) is 34.5 Å². The molecular formula is C19H18ClN4O3+. The monoisotopic (exact) mass is 385 g/mol. The normalized spacial score (nSPS) is 19.2. The van der Waals surface area contributed by atoms with Gasteiger partial charge in [-0.05, 0) is 41.1 Å². The number of rotatable bonds is 4. The number of hydrogen-bond acceptors (Lipinski definition) is 5. The van der Waals surface area contributed by atoms with E-state index in [0.29, 0.717) is 18.1 Å². The first kappa shape index (κ1) is 17.5. The third-order valence-electron chi connectivity index (χ3n) is 4.69. The van der Waals surface area contributed by atoms with Crippen molar-refractivity contribution < 1.29 is 19.0 Å². The Labute approximate surface area is 161 Å². The number of amides is 2. The maximum Gasteiger partial charge on any atom is 0.502 e. The van der Waals surface area contributed by atoms with Gasteiger partial charge in [-0.15, -0.1) is 0 Å². The molecule has 8 heteroatoms. The number of methoxy groups -OCH3 is 1. The van der Waals surface area contributed by atoms with E-state index in [1.807, 2.05) is 35.2 Å². The van der Waals surface area contributed by atoms with Crippen LogP contribution in [0.3, 0.4) is 0 Å². The van der Waals surface area contributed by atoms with Crippen LogP contribution < -0.4 is 9.64 Å². The van der Waals surface area contributed by atoms with Crippen LogP contribution in [0.2, 0.25) is 5.02 Å². The largest absolute Gasteiger partial charge is 0.502 e. The van der Waals surface area contributed by atoms with Crippen molar-refractivity contribution in [2.45, 2.75) is 12.8 Å². The molecule has 0 saturated carbocycles. The van der Waals surface area contributed by atoms with Crippen molar-refractivity contribution in [3.8, 4) is 5.75 Å². The van der Waals surface area contributed by atoms with E-state index in [1.165, 1.54) is 9.60 Å². The third kappa shape index (κ3) is 3.26. The molecule has 1 unspecified atom stereocenters. The van der Waals surface area contributed by atoms with Gasteiger partial charge in [-0.2, -0.15) is 0 Å². The minimum absolute atomic E-state index is 0.200. The van der Waals surface area contributed by atoms with Crippen molar-refractivity contribution in [2.24, 2.45) is 5.11 Å². The summed E-state index contributed by atoms with van der Waals surface area (Å²) in [6.07, 6.45) is -0.539. The second-order valence-electron chi connectivity index (χ2n) is 6.34. The summed E-state index contributed by atoms with van der Waals surface area (Å²) >= 11 is 6.02. The Hall–Kier alpha value is -2.93. The minimum Gasteiger partial charge on any atom is -0.497 e. The van der Waals surface area contributed by atoms with E-state index in [4.69, 9.17) is 16.3 Å². The van der Waals surface area contributed by atoms with Crippen molar-refractivity contribution in [2.75, 3.05) is 25.1 Å². The lowest BCUT2D eigenvalue weighted by Gasteiger charge is -2.27. The maximum absolute atomic E-state index is 12.6.